The molecule has 1 aromatic heterocycles. The van der Waals surface area contributed by atoms with Crippen molar-refractivity contribution < 1.29 is 42.1 Å². The first-order valence-electron chi connectivity index (χ1n) is 15.1. The van der Waals surface area contributed by atoms with E-state index in [9.17, 15) is 18.8 Å². The summed E-state index contributed by atoms with van der Waals surface area (Å²) in [5, 5.41) is 7.64. The SMILES string of the molecule is COc1cc2c(Oc3ccc(NC(=O)C4(C(=O)Nc5ccc(F)cc5)CC4)cc3F)ccnc2cc1OCCNN(C)CCOCC=O. The molecule has 0 aliphatic heterocycles. The number of likely N-dealkylation sites (N-methyl/N-ethyl adjacent to an activating group) is 1. The van der Waals surface area contributed by atoms with E-state index in [0.717, 1.165) is 6.07 Å². The fourth-order valence-corrected chi connectivity index (χ4v) is 4.80. The molecular formula is C34H35F2N5O7. The van der Waals surface area contributed by atoms with E-state index >= 15 is 4.39 Å². The number of methoxy groups -OCH3 is 1. The van der Waals surface area contributed by atoms with E-state index in [-0.39, 0.29) is 18.0 Å². The number of ether oxygens (including phenoxy) is 4. The number of halogens is 2. The lowest BCUT2D eigenvalue weighted by Gasteiger charge is -2.18. The zero-order valence-electron chi connectivity index (χ0n) is 26.4. The molecule has 48 heavy (non-hydrogen) atoms. The Morgan fingerprint density at radius 2 is 1.65 bits per heavy atom. The van der Waals surface area contributed by atoms with Crippen LogP contribution in [0.1, 0.15) is 12.8 Å². The predicted octanol–water partition coefficient (Wildman–Crippen LogP) is 4.70. The molecule has 3 N–H and O–H groups in total. The average Bonchev–Trinajstić information content (AvgIpc) is 3.90. The number of pyridine rings is 1. The van der Waals surface area contributed by atoms with Crippen LogP contribution in [0, 0.1) is 17.0 Å². The standard InChI is InChI=1S/C34H35F2N5O7/c1-41(14-17-46-18-15-42)38-13-16-47-31-21-27-25(20-30(31)45-2)28(9-12-37-27)48-29-8-7-24(19-26(29)36)40-33(44)34(10-11-34)32(43)39-23-5-3-22(35)4-6-23/h3-9,12,15,19-21,38H,10-11,13-14,16-18H2,1-2H3,(H,39,43)(H,40,44). The fraction of sp³-hybridized carbons (Fsp3) is 0.294. The number of aldehydes is 1. The second kappa shape index (κ2) is 15.6. The number of fused-ring (bicyclic) bond motifs is 1. The Bertz CT molecular complexity index is 1770. The third kappa shape index (κ3) is 8.39. The molecule has 0 atom stereocenters. The average molecular weight is 664 g/mol. The maximum atomic E-state index is 15.2. The third-order valence-electron chi connectivity index (χ3n) is 7.62. The quantitative estimate of drug-likeness (QED) is 0.0630. The Balaban J connectivity index is 1.20. The highest BCUT2D eigenvalue weighted by Gasteiger charge is 2.56. The summed E-state index contributed by atoms with van der Waals surface area (Å²) >= 11 is 0. The van der Waals surface area contributed by atoms with Crippen molar-refractivity contribution in [2.24, 2.45) is 5.41 Å². The minimum absolute atomic E-state index is 0.0616. The smallest absolute Gasteiger partial charge is 0.240 e. The molecule has 0 bridgehead atoms. The normalized spacial score (nSPS) is 13.2. The van der Waals surface area contributed by atoms with Gasteiger partial charge in [0.2, 0.25) is 11.8 Å². The summed E-state index contributed by atoms with van der Waals surface area (Å²) in [5.74, 6) is -1.16. The lowest BCUT2D eigenvalue weighted by Crippen LogP contribution is -2.39. The highest BCUT2D eigenvalue weighted by atomic mass is 19.1. The summed E-state index contributed by atoms with van der Waals surface area (Å²) in [6.45, 7) is 1.85. The van der Waals surface area contributed by atoms with Gasteiger partial charge in [0.05, 0.1) is 19.2 Å². The molecule has 5 rings (SSSR count). The molecule has 12 nitrogen and oxygen atoms in total. The number of hydrogen-bond donors (Lipinski definition) is 3. The van der Waals surface area contributed by atoms with Gasteiger partial charge in [-0.1, -0.05) is 0 Å². The van der Waals surface area contributed by atoms with E-state index in [1.807, 2.05) is 12.1 Å². The summed E-state index contributed by atoms with van der Waals surface area (Å²) < 4.78 is 51.0. The van der Waals surface area contributed by atoms with Crippen LogP contribution < -0.4 is 30.3 Å². The molecule has 1 aliphatic rings. The molecule has 0 spiro atoms. The molecular weight excluding hydrogens is 628 g/mol. The Labute approximate surface area is 275 Å². The monoisotopic (exact) mass is 663 g/mol. The van der Waals surface area contributed by atoms with Crippen molar-refractivity contribution in [1.29, 1.82) is 0 Å². The molecule has 1 aliphatic carbocycles. The van der Waals surface area contributed by atoms with Gasteiger partial charge in [0.15, 0.2) is 23.1 Å². The Morgan fingerprint density at radius 1 is 0.917 bits per heavy atom. The molecule has 0 radical (unpaired) electrons. The van der Waals surface area contributed by atoms with Gasteiger partial charge in [0.25, 0.3) is 0 Å². The second-order valence-corrected chi connectivity index (χ2v) is 11.0. The van der Waals surface area contributed by atoms with Crippen LogP contribution in [-0.2, 0) is 19.1 Å². The molecule has 4 aromatic rings. The van der Waals surface area contributed by atoms with Gasteiger partial charge >= 0.3 is 0 Å². The van der Waals surface area contributed by atoms with Crippen LogP contribution in [0.5, 0.6) is 23.0 Å². The minimum Gasteiger partial charge on any atom is -0.493 e. The number of nitrogens with one attached hydrogen (secondary N) is 3. The number of benzene rings is 3. The maximum absolute atomic E-state index is 15.2. The van der Waals surface area contributed by atoms with Gasteiger partial charge in [-0.25, -0.2) is 13.8 Å². The fourth-order valence-electron chi connectivity index (χ4n) is 4.80. The number of carbonyl (C=O) groups excluding carboxylic acids is 3. The van der Waals surface area contributed by atoms with Gasteiger partial charge < -0.3 is 34.4 Å². The third-order valence-corrected chi connectivity index (χ3v) is 7.62. The van der Waals surface area contributed by atoms with Crippen molar-refractivity contribution in [3.63, 3.8) is 0 Å². The van der Waals surface area contributed by atoms with Gasteiger partial charge in [0, 0.05) is 55.2 Å². The van der Waals surface area contributed by atoms with Gasteiger partial charge in [-0.05, 0) is 61.4 Å². The topological polar surface area (TPSA) is 140 Å². The number of carbonyl (C=O) groups is 3. The first-order valence-corrected chi connectivity index (χ1v) is 15.1. The van der Waals surface area contributed by atoms with E-state index in [1.54, 1.807) is 18.2 Å². The summed E-state index contributed by atoms with van der Waals surface area (Å²) in [5.41, 5.74) is 2.91. The molecule has 0 saturated heterocycles. The van der Waals surface area contributed by atoms with Crippen molar-refractivity contribution in [3.8, 4) is 23.0 Å². The zero-order chi connectivity index (χ0) is 34.1. The number of hydrogen-bond acceptors (Lipinski definition) is 10. The van der Waals surface area contributed by atoms with E-state index in [2.05, 4.69) is 21.0 Å². The van der Waals surface area contributed by atoms with E-state index in [1.165, 1.54) is 49.7 Å². The molecule has 1 fully saturated rings. The van der Waals surface area contributed by atoms with Crippen molar-refractivity contribution >= 4 is 40.4 Å². The molecule has 3 aromatic carbocycles. The largest absolute Gasteiger partial charge is 0.493 e. The molecule has 1 saturated carbocycles. The second-order valence-electron chi connectivity index (χ2n) is 11.0. The highest BCUT2D eigenvalue weighted by molar-refractivity contribution is 6.16. The van der Waals surface area contributed by atoms with Crippen LogP contribution in [0.2, 0.25) is 0 Å². The maximum Gasteiger partial charge on any atom is 0.240 e. The van der Waals surface area contributed by atoms with Gasteiger partial charge in [-0.15, -0.1) is 0 Å². The van der Waals surface area contributed by atoms with Crippen molar-refractivity contribution in [3.05, 3.63) is 78.5 Å². The van der Waals surface area contributed by atoms with Gasteiger partial charge in [-0.2, -0.15) is 0 Å². The van der Waals surface area contributed by atoms with Crippen LogP contribution in [0.3, 0.4) is 0 Å². The zero-order valence-corrected chi connectivity index (χ0v) is 26.4. The number of nitrogens with zero attached hydrogens (tertiary/aromatic N) is 2. The van der Waals surface area contributed by atoms with Crippen molar-refractivity contribution in [1.82, 2.24) is 15.4 Å². The minimum atomic E-state index is -1.29. The molecule has 2 amide bonds. The Kier molecular flexibility index (Phi) is 11.1. The highest BCUT2D eigenvalue weighted by Crippen LogP contribution is 2.47. The van der Waals surface area contributed by atoms with Crippen LogP contribution in [-0.4, -0.2) is 75.2 Å². The lowest BCUT2D eigenvalue weighted by atomic mass is 10.0. The summed E-state index contributed by atoms with van der Waals surface area (Å²) in [6.07, 6.45) is 2.89. The van der Waals surface area contributed by atoms with Crippen LogP contribution in [0.15, 0.2) is 66.9 Å². The number of anilines is 2. The summed E-state index contributed by atoms with van der Waals surface area (Å²) in [7, 11) is 3.35. The number of aromatic nitrogens is 1. The number of amides is 2. The number of hydrazine groups is 1. The van der Waals surface area contributed by atoms with Gasteiger partial charge in [0.1, 0.15) is 36.5 Å². The Hall–Kier alpha value is -5.18. The predicted molar refractivity (Wildman–Crippen MR) is 173 cm³/mol. The Morgan fingerprint density at radius 3 is 2.33 bits per heavy atom. The lowest BCUT2D eigenvalue weighted by molar-refractivity contribution is -0.131. The van der Waals surface area contributed by atoms with Crippen LogP contribution in [0.4, 0.5) is 20.2 Å². The summed E-state index contributed by atoms with van der Waals surface area (Å²) in [4.78, 5) is 40.6. The van der Waals surface area contributed by atoms with E-state index in [0.29, 0.717) is 79.3 Å². The van der Waals surface area contributed by atoms with Crippen LogP contribution >= 0.6 is 0 Å². The summed E-state index contributed by atoms with van der Waals surface area (Å²) in [6, 6.07) is 14.2. The molecule has 1 heterocycles. The first-order chi connectivity index (χ1) is 23.2. The molecule has 14 heteroatoms. The van der Waals surface area contributed by atoms with Gasteiger partial charge in [-0.3, -0.25) is 20.0 Å². The van der Waals surface area contributed by atoms with Crippen molar-refractivity contribution in [2.75, 3.05) is 57.7 Å². The van der Waals surface area contributed by atoms with E-state index < -0.39 is 28.9 Å². The van der Waals surface area contributed by atoms with E-state index in [4.69, 9.17) is 18.9 Å². The molecule has 0 unspecified atom stereocenters. The number of rotatable bonds is 17. The van der Waals surface area contributed by atoms with Crippen molar-refractivity contribution in [2.45, 2.75) is 12.8 Å². The van der Waals surface area contributed by atoms with Crippen LogP contribution in [0.25, 0.3) is 10.9 Å². The molecule has 252 valence electrons. The first kappa shape index (κ1) is 34.2.